The maximum absolute atomic E-state index is 12.5. The predicted octanol–water partition coefficient (Wildman–Crippen LogP) is 5.64. The van der Waals surface area contributed by atoms with Crippen molar-refractivity contribution < 1.29 is 0 Å². The third-order valence-corrected chi connectivity index (χ3v) is 6.24. The highest BCUT2D eigenvalue weighted by Gasteiger charge is 2.10. The number of halogens is 1. The molecule has 0 aliphatic carbocycles. The number of rotatable bonds is 5. The van der Waals surface area contributed by atoms with Gasteiger partial charge in [-0.3, -0.25) is 4.79 Å². The molecule has 0 aliphatic heterocycles. The second kappa shape index (κ2) is 7.76. The monoisotopic (exact) mass is 413 g/mol. The lowest BCUT2D eigenvalue weighted by molar-refractivity contribution is 0.955. The van der Waals surface area contributed by atoms with Gasteiger partial charge >= 0.3 is 0 Å². The number of thiophene rings is 1. The molecule has 4 nitrogen and oxygen atoms in total. The van der Waals surface area contributed by atoms with Gasteiger partial charge in [-0.1, -0.05) is 29.8 Å². The van der Waals surface area contributed by atoms with Gasteiger partial charge in [-0.05, 0) is 48.2 Å². The number of benzene rings is 2. The maximum Gasteiger partial charge on any atom is 0.268 e. The van der Waals surface area contributed by atoms with Crippen molar-refractivity contribution in [2.24, 2.45) is 0 Å². The first kappa shape index (κ1) is 18.1. The molecule has 0 bridgehead atoms. The van der Waals surface area contributed by atoms with Gasteiger partial charge in [0.25, 0.3) is 5.56 Å². The fourth-order valence-corrected chi connectivity index (χ4v) is 4.33. The Morgan fingerprint density at radius 1 is 1.19 bits per heavy atom. The second-order valence-corrected chi connectivity index (χ2v) is 8.30. The molecule has 2 heterocycles. The summed E-state index contributed by atoms with van der Waals surface area (Å²) in [5, 5.41) is 4.00. The zero-order valence-electron chi connectivity index (χ0n) is 14.5. The molecule has 2 aromatic heterocycles. The van der Waals surface area contributed by atoms with E-state index in [2.05, 4.69) is 27.4 Å². The molecule has 0 saturated heterocycles. The molecule has 0 fully saturated rings. The van der Waals surface area contributed by atoms with Crippen molar-refractivity contribution in [3.63, 3.8) is 0 Å². The van der Waals surface area contributed by atoms with Crippen LogP contribution in [0.25, 0.3) is 20.7 Å². The van der Waals surface area contributed by atoms with E-state index in [1.54, 1.807) is 11.8 Å². The van der Waals surface area contributed by atoms with Gasteiger partial charge < -0.3 is 10.3 Å². The van der Waals surface area contributed by atoms with Gasteiger partial charge in [-0.2, -0.15) is 0 Å². The minimum atomic E-state index is -0.111. The number of anilines is 1. The Morgan fingerprint density at radius 2 is 2.00 bits per heavy atom. The number of hydrogen-bond donors (Lipinski definition) is 2. The van der Waals surface area contributed by atoms with Gasteiger partial charge in [0.2, 0.25) is 0 Å². The van der Waals surface area contributed by atoms with Crippen LogP contribution < -0.4 is 10.9 Å². The summed E-state index contributed by atoms with van der Waals surface area (Å²) in [7, 11) is 0. The zero-order valence-corrected chi connectivity index (χ0v) is 16.8. The Balaban J connectivity index is 1.61. The Morgan fingerprint density at radius 3 is 2.78 bits per heavy atom. The Bertz CT molecular complexity index is 1150. The molecule has 0 aliphatic rings. The molecule has 0 radical (unpaired) electrons. The first-order valence-electron chi connectivity index (χ1n) is 8.29. The highest BCUT2D eigenvalue weighted by atomic mass is 35.5. The van der Waals surface area contributed by atoms with Gasteiger partial charge in [0.15, 0.2) is 0 Å². The standard InChI is InChI=1S/C20H16ClN3OS2/c1-26-15-4-2-3-14(9-15)22-11-18-23-16-10-17(27-19(16)20(25)24-18)12-5-7-13(21)8-6-12/h2-10,22H,11H2,1H3,(H,23,24,25). The van der Waals surface area contributed by atoms with Crippen molar-refractivity contribution in [2.45, 2.75) is 11.4 Å². The van der Waals surface area contributed by atoms with Crippen molar-refractivity contribution in [2.75, 3.05) is 11.6 Å². The van der Waals surface area contributed by atoms with Crippen LogP contribution in [-0.2, 0) is 6.54 Å². The van der Waals surface area contributed by atoms with E-state index < -0.39 is 0 Å². The molecule has 136 valence electrons. The van der Waals surface area contributed by atoms with Crippen LogP contribution in [0.4, 0.5) is 5.69 Å². The topological polar surface area (TPSA) is 57.8 Å². The fraction of sp³-hybridized carbons (Fsp3) is 0.100. The normalized spacial score (nSPS) is 11.0. The summed E-state index contributed by atoms with van der Waals surface area (Å²) in [6, 6.07) is 17.7. The molecule has 2 aromatic carbocycles. The smallest absolute Gasteiger partial charge is 0.268 e. The average Bonchev–Trinajstić information content (AvgIpc) is 3.12. The molecule has 0 unspecified atom stereocenters. The predicted molar refractivity (Wildman–Crippen MR) is 116 cm³/mol. The molecule has 0 saturated carbocycles. The SMILES string of the molecule is CSc1cccc(NCc2nc3cc(-c4ccc(Cl)cc4)sc3c(=O)[nH]2)c1. The molecule has 0 atom stereocenters. The van der Waals surface area contributed by atoms with Crippen LogP contribution in [0.2, 0.25) is 5.02 Å². The van der Waals surface area contributed by atoms with Crippen LogP contribution in [0.1, 0.15) is 5.82 Å². The zero-order chi connectivity index (χ0) is 18.8. The van der Waals surface area contributed by atoms with Gasteiger partial charge in [-0.25, -0.2) is 4.98 Å². The number of H-pyrrole nitrogens is 1. The van der Waals surface area contributed by atoms with Gasteiger partial charge in [0.1, 0.15) is 10.5 Å². The van der Waals surface area contributed by atoms with Crippen LogP contribution in [-0.4, -0.2) is 16.2 Å². The van der Waals surface area contributed by atoms with Gasteiger partial charge in [0.05, 0.1) is 12.1 Å². The molecule has 27 heavy (non-hydrogen) atoms. The van der Waals surface area contributed by atoms with Crippen LogP contribution in [0.5, 0.6) is 0 Å². The lowest BCUT2D eigenvalue weighted by atomic mass is 10.2. The van der Waals surface area contributed by atoms with E-state index >= 15 is 0 Å². The minimum Gasteiger partial charge on any atom is -0.378 e. The van der Waals surface area contributed by atoms with Crippen molar-refractivity contribution >= 4 is 50.6 Å². The minimum absolute atomic E-state index is 0.111. The summed E-state index contributed by atoms with van der Waals surface area (Å²) in [6.45, 7) is 0.454. The average molecular weight is 414 g/mol. The first-order valence-corrected chi connectivity index (χ1v) is 10.7. The molecule has 0 spiro atoms. The number of aromatic nitrogens is 2. The number of fused-ring (bicyclic) bond motifs is 1. The Labute approximate surface area is 169 Å². The lowest BCUT2D eigenvalue weighted by Gasteiger charge is -2.07. The van der Waals surface area contributed by atoms with Crippen LogP contribution in [0.15, 0.2) is 64.3 Å². The Kier molecular flexibility index (Phi) is 5.20. The number of thioether (sulfide) groups is 1. The summed E-state index contributed by atoms with van der Waals surface area (Å²) >= 11 is 9.08. The third-order valence-electron chi connectivity index (χ3n) is 4.09. The van der Waals surface area contributed by atoms with Crippen LogP contribution in [0, 0.1) is 0 Å². The summed E-state index contributed by atoms with van der Waals surface area (Å²) in [4.78, 5) is 22.1. The largest absolute Gasteiger partial charge is 0.378 e. The van der Waals surface area contributed by atoms with Gasteiger partial charge in [-0.15, -0.1) is 23.1 Å². The molecule has 4 rings (SSSR count). The molecular weight excluding hydrogens is 398 g/mol. The number of hydrogen-bond acceptors (Lipinski definition) is 5. The van der Waals surface area contributed by atoms with E-state index in [9.17, 15) is 4.79 Å². The highest BCUT2D eigenvalue weighted by Crippen LogP contribution is 2.31. The molecule has 4 aromatic rings. The molecule has 0 amide bonds. The van der Waals surface area contributed by atoms with Crippen molar-refractivity contribution in [3.8, 4) is 10.4 Å². The maximum atomic E-state index is 12.5. The first-order chi connectivity index (χ1) is 13.1. The van der Waals surface area contributed by atoms with E-state index in [4.69, 9.17) is 11.6 Å². The Hall–Kier alpha value is -2.28. The van der Waals surface area contributed by atoms with Crippen molar-refractivity contribution in [1.29, 1.82) is 0 Å². The third kappa shape index (κ3) is 4.03. The van der Waals surface area contributed by atoms with E-state index in [1.807, 2.05) is 48.7 Å². The fourth-order valence-electron chi connectivity index (χ4n) is 2.75. The summed E-state index contributed by atoms with van der Waals surface area (Å²) in [5.74, 6) is 0.613. The number of aromatic amines is 1. The quantitative estimate of drug-likeness (QED) is 0.416. The van der Waals surface area contributed by atoms with E-state index in [0.29, 0.717) is 27.6 Å². The highest BCUT2D eigenvalue weighted by molar-refractivity contribution is 7.98. The summed E-state index contributed by atoms with van der Waals surface area (Å²) in [5.41, 5.74) is 2.62. The summed E-state index contributed by atoms with van der Waals surface area (Å²) < 4.78 is 0.632. The van der Waals surface area contributed by atoms with Crippen LogP contribution in [0.3, 0.4) is 0 Å². The second-order valence-electron chi connectivity index (χ2n) is 5.93. The summed E-state index contributed by atoms with van der Waals surface area (Å²) in [6.07, 6.45) is 2.04. The van der Waals surface area contributed by atoms with E-state index in [0.717, 1.165) is 16.1 Å². The number of nitrogens with one attached hydrogen (secondary N) is 2. The molecule has 2 N–H and O–H groups in total. The van der Waals surface area contributed by atoms with E-state index in [-0.39, 0.29) is 5.56 Å². The van der Waals surface area contributed by atoms with E-state index in [1.165, 1.54) is 16.2 Å². The molecular formula is C20H16ClN3OS2. The van der Waals surface area contributed by atoms with Gasteiger partial charge in [0, 0.05) is 20.5 Å². The molecule has 7 heteroatoms. The van der Waals surface area contributed by atoms with Crippen molar-refractivity contribution in [3.05, 3.63) is 75.8 Å². The number of nitrogens with zero attached hydrogens (tertiary/aromatic N) is 1. The van der Waals surface area contributed by atoms with Crippen LogP contribution >= 0.6 is 34.7 Å². The lowest BCUT2D eigenvalue weighted by Crippen LogP contribution is -2.13. The van der Waals surface area contributed by atoms with Crippen molar-refractivity contribution in [1.82, 2.24) is 9.97 Å².